The van der Waals surface area contributed by atoms with Crippen LogP contribution < -0.4 is 9.64 Å². The molecule has 0 aliphatic carbocycles. The number of nitrogens with zero attached hydrogens (tertiary/aromatic N) is 3. The molecule has 0 spiro atoms. The summed E-state index contributed by atoms with van der Waals surface area (Å²) in [7, 11) is 7.45. The second kappa shape index (κ2) is 8.93. The zero-order valence-electron chi connectivity index (χ0n) is 19.0. The number of benzene rings is 1. The van der Waals surface area contributed by atoms with Crippen LogP contribution >= 0.6 is 0 Å². The van der Waals surface area contributed by atoms with E-state index in [1.165, 1.54) is 0 Å². The highest BCUT2D eigenvalue weighted by Gasteiger charge is 2.30. The van der Waals surface area contributed by atoms with Crippen LogP contribution in [0.4, 0.5) is 10.5 Å². The lowest BCUT2D eigenvalue weighted by Crippen LogP contribution is -2.45. The largest absolute Gasteiger partial charge is 0.488 e. The van der Waals surface area contributed by atoms with Crippen molar-refractivity contribution in [2.24, 2.45) is 5.92 Å². The zero-order chi connectivity index (χ0) is 21.9. The van der Waals surface area contributed by atoms with E-state index in [0.29, 0.717) is 18.8 Å². The number of carbonyl (C=O) groups excluding carboxylic acids is 2. The first kappa shape index (κ1) is 22.8. The van der Waals surface area contributed by atoms with Gasteiger partial charge in [-0.05, 0) is 39.0 Å². The summed E-state index contributed by atoms with van der Waals surface area (Å²) in [5.41, 5.74) is 1.31. The Bertz CT molecular complexity index is 742. The van der Waals surface area contributed by atoms with Gasteiger partial charge in [0, 0.05) is 51.9 Å². The number of rotatable bonds is 3. The number of hydrogen-bond acceptors (Lipinski definition) is 5. The summed E-state index contributed by atoms with van der Waals surface area (Å²) in [6, 6.07) is 5.88. The lowest BCUT2D eigenvalue weighted by molar-refractivity contribution is -0.129. The molecule has 0 saturated heterocycles. The number of fused-ring (bicyclic) bond motifs is 1. The minimum atomic E-state index is -0.557. The average Bonchev–Trinajstić information content (AvgIpc) is 2.63. The predicted octanol–water partition coefficient (Wildman–Crippen LogP) is 3.02. The maximum Gasteiger partial charge on any atom is 0.410 e. The molecule has 0 unspecified atom stereocenters. The van der Waals surface area contributed by atoms with Gasteiger partial charge >= 0.3 is 6.09 Å². The highest BCUT2D eigenvalue weighted by atomic mass is 16.6. The number of likely N-dealkylation sites (N-methyl/N-ethyl adjacent to an activating group) is 2. The van der Waals surface area contributed by atoms with Crippen LogP contribution in [0.15, 0.2) is 18.2 Å². The van der Waals surface area contributed by atoms with Gasteiger partial charge in [0.25, 0.3) is 0 Å². The topological polar surface area (TPSA) is 62.3 Å². The Morgan fingerprint density at radius 3 is 2.52 bits per heavy atom. The fourth-order valence-corrected chi connectivity index (χ4v) is 3.23. The Labute approximate surface area is 174 Å². The van der Waals surface area contributed by atoms with Crippen LogP contribution in [0.2, 0.25) is 0 Å². The third-order valence-electron chi connectivity index (χ3n) is 4.96. The first-order valence-electron chi connectivity index (χ1n) is 10.0. The van der Waals surface area contributed by atoms with Crippen molar-refractivity contribution in [1.29, 1.82) is 0 Å². The Morgan fingerprint density at radius 1 is 1.28 bits per heavy atom. The predicted molar refractivity (Wildman–Crippen MR) is 115 cm³/mol. The molecule has 0 N–H and O–H groups in total. The fraction of sp³-hybridized carbons (Fsp3) is 0.636. The number of anilines is 1. The van der Waals surface area contributed by atoms with Crippen molar-refractivity contribution in [3.8, 4) is 5.75 Å². The number of carbonyl (C=O) groups is 2. The van der Waals surface area contributed by atoms with E-state index < -0.39 is 5.60 Å². The third-order valence-corrected chi connectivity index (χ3v) is 4.96. The summed E-state index contributed by atoms with van der Waals surface area (Å²) < 4.78 is 11.8. The van der Waals surface area contributed by atoms with Gasteiger partial charge in [0.1, 0.15) is 17.5 Å². The Kier molecular flexibility index (Phi) is 7.03. The molecule has 1 aromatic carbocycles. The lowest BCUT2D eigenvalue weighted by Gasteiger charge is -2.32. The summed E-state index contributed by atoms with van der Waals surface area (Å²) in [6.45, 7) is 8.49. The summed E-state index contributed by atoms with van der Waals surface area (Å²) in [6.07, 6.45) is -0.375. The Balaban J connectivity index is 2.30. The standard InChI is InChI=1S/C22H35N3O4/c1-15-13-24(7)20(26)12-16-11-17(23(5)6)9-10-18(16)28-19(15)14-25(8)21(27)29-22(2,3)4/h9-11,15,19H,12-14H2,1-8H3/t15-,19+/m0/s1. The summed E-state index contributed by atoms with van der Waals surface area (Å²) in [5.74, 6) is 0.778. The first-order chi connectivity index (χ1) is 13.4. The summed E-state index contributed by atoms with van der Waals surface area (Å²) in [4.78, 5) is 30.4. The van der Waals surface area contributed by atoms with Crippen molar-refractivity contribution in [2.45, 2.75) is 45.8 Å². The molecule has 2 rings (SSSR count). The van der Waals surface area contributed by atoms with Gasteiger partial charge < -0.3 is 24.2 Å². The maximum atomic E-state index is 12.7. The van der Waals surface area contributed by atoms with Crippen molar-refractivity contribution in [1.82, 2.24) is 9.80 Å². The average molecular weight is 406 g/mol. The Morgan fingerprint density at radius 2 is 1.93 bits per heavy atom. The number of ether oxygens (including phenoxy) is 2. The first-order valence-corrected chi connectivity index (χ1v) is 10.0. The van der Waals surface area contributed by atoms with Gasteiger partial charge in [-0.25, -0.2) is 4.79 Å². The van der Waals surface area contributed by atoms with E-state index in [1.807, 2.05) is 71.9 Å². The highest BCUT2D eigenvalue weighted by Crippen LogP contribution is 2.29. The van der Waals surface area contributed by atoms with Crippen LogP contribution in [0.25, 0.3) is 0 Å². The van der Waals surface area contributed by atoms with Gasteiger partial charge in [0.2, 0.25) is 5.91 Å². The molecule has 1 aliphatic heterocycles. The van der Waals surface area contributed by atoms with E-state index in [4.69, 9.17) is 9.47 Å². The van der Waals surface area contributed by atoms with Crippen molar-refractivity contribution in [2.75, 3.05) is 46.2 Å². The van der Waals surface area contributed by atoms with E-state index in [9.17, 15) is 9.59 Å². The van der Waals surface area contributed by atoms with E-state index in [2.05, 4.69) is 0 Å². The van der Waals surface area contributed by atoms with Crippen LogP contribution in [-0.2, 0) is 16.0 Å². The van der Waals surface area contributed by atoms with Crippen LogP contribution in [0.1, 0.15) is 33.3 Å². The highest BCUT2D eigenvalue weighted by molar-refractivity contribution is 5.80. The van der Waals surface area contributed by atoms with E-state index in [0.717, 1.165) is 11.3 Å². The van der Waals surface area contributed by atoms with Crippen LogP contribution in [0, 0.1) is 5.92 Å². The molecule has 7 nitrogen and oxygen atoms in total. The van der Waals surface area contributed by atoms with Crippen molar-refractivity contribution >= 4 is 17.7 Å². The molecule has 1 aromatic rings. The Hall–Kier alpha value is -2.44. The molecule has 1 heterocycles. The minimum Gasteiger partial charge on any atom is -0.488 e. The van der Waals surface area contributed by atoms with Crippen LogP contribution in [-0.4, -0.2) is 74.8 Å². The van der Waals surface area contributed by atoms with Gasteiger partial charge in [-0.1, -0.05) is 6.92 Å². The molecule has 2 atom stereocenters. The molecule has 2 amide bonds. The molecule has 0 aromatic heterocycles. The van der Waals surface area contributed by atoms with Crippen molar-refractivity contribution in [3.63, 3.8) is 0 Å². The molecule has 29 heavy (non-hydrogen) atoms. The molecule has 0 radical (unpaired) electrons. The quantitative estimate of drug-likeness (QED) is 0.774. The molecular formula is C22H35N3O4. The molecule has 0 saturated carbocycles. The SMILES string of the molecule is C[C@H]1CN(C)C(=O)Cc2cc(N(C)C)ccc2O[C@@H]1CN(C)C(=O)OC(C)(C)C. The second-order valence-electron chi connectivity index (χ2n) is 9.13. The smallest absolute Gasteiger partial charge is 0.410 e. The van der Waals surface area contributed by atoms with Gasteiger partial charge in [-0.15, -0.1) is 0 Å². The third kappa shape index (κ3) is 6.27. The molecule has 0 fully saturated rings. The molecule has 0 bridgehead atoms. The van der Waals surface area contributed by atoms with Gasteiger partial charge in [0.15, 0.2) is 0 Å². The maximum absolute atomic E-state index is 12.7. The molecule has 1 aliphatic rings. The minimum absolute atomic E-state index is 0.0355. The fourth-order valence-electron chi connectivity index (χ4n) is 3.23. The number of amides is 2. The van der Waals surface area contributed by atoms with E-state index in [1.54, 1.807) is 16.8 Å². The van der Waals surface area contributed by atoms with E-state index >= 15 is 0 Å². The van der Waals surface area contributed by atoms with Gasteiger partial charge in [-0.2, -0.15) is 0 Å². The summed E-state index contributed by atoms with van der Waals surface area (Å²) >= 11 is 0. The molecule has 7 heteroatoms. The van der Waals surface area contributed by atoms with Crippen molar-refractivity contribution < 1.29 is 19.1 Å². The monoisotopic (exact) mass is 405 g/mol. The second-order valence-corrected chi connectivity index (χ2v) is 9.13. The molecular weight excluding hydrogens is 370 g/mol. The molecule has 162 valence electrons. The lowest BCUT2D eigenvalue weighted by atomic mass is 10.0. The van der Waals surface area contributed by atoms with Crippen LogP contribution in [0.5, 0.6) is 5.75 Å². The van der Waals surface area contributed by atoms with Crippen molar-refractivity contribution in [3.05, 3.63) is 23.8 Å². The summed E-state index contributed by atoms with van der Waals surface area (Å²) in [5, 5.41) is 0. The van der Waals surface area contributed by atoms with E-state index in [-0.39, 0.29) is 30.4 Å². The van der Waals surface area contributed by atoms with Crippen LogP contribution in [0.3, 0.4) is 0 Å². The van der Waals surface area contributed by atoms with Gasteiger partial charge in [0.05, 0.1) is 13.0 Å². The normalized spacial score (nSPS) is 20.0. The zero-order valence-corrected chi connectivity index (χ0v) is 19.0. The van der Waals surface area contributed by atoms with Gasteiger partial charge in [-0.3, -0.25) is 4.79 Å². The number of hydrogen-bond donors (Lipinski definition) is 0.